The maximum absolute atomic E-state index is 12.4. The smallest absolute Gasteiger partial charge is 0.206 e. The van der Waals surface area contributed by atoms with Crippen molar-refractivity contribution >= 4 is 36.9 Å². The van der Waals surface area contributed by atoms with Crippen molar-refractivity contribution in [2.45, 2.75) is 10.4 Å². The first-order chi connectivity index (χ1) is 10.5. The van der Waals surface area contributed by atoms with E-state index >= 15 is 0 Å². The zero-order valence-corrected chi connectivity index (χ0v) is 13.0. The predicted octanol–water partition coefficient (Wildman–Crippen LogP) is 2.61. The molecule has 0 aliphatic carbocycles. The lowest BCUT2D eigenvalue weighted by Gasteiger charge is -2.12. The van der Waals surface area contributed by atoms with Crippen LogP contribution in [0.1, 0.15) is 5.56 Å². The molecule has 0 amide bonds. The lowest BCUT2D eigenvalue weighted by atomic mass is 10.0. The first-order valence-electron chi connectivity index (χ1n) is 5.99. The van der Waals surface area contributed by atoms with E-state index in [9.17, 15) is 30.0 Å². The van der Waals surface area contributed by atoms with Gasteiger partial charge in [0.1, 0.15) is 0 Å². The van der Waals surface area contributed by atoms with Crippen molar-refractivity contribution in [2.24, 2.45) is 0 Å². The van der Waals surface area contributed by atoms with Gasteiger partial charge in [0.05, 0.1) is 4.90 Å². The van der Waals surface area contributed by atoms with Crippen LogP contribution < -0.4 is 4.13 Å². The van der Waals surface area contributed by atoms with Crippen LogP contribution in [-0.2, 0) is 20.0 Å². The maximum atomic E-state index is 12.4. The van der Waals surface area contributed by atoms with Gasteiger partial charge in [-0.15, -0.1) is 0 Å². The molecule has 0 saturated heterocycles. The van der Waals surface area contributed by atoms with Gasteiger partial charge in [0.25, 0.3) is 10.0 Å². The second-order valence-electron chi connectivity index (χ2n) is 4.44. The third-order valence-electron chi connectivity index (χ3n) is 2.95. The summed E-state index contributed by atoms with van der Waals surface area (Å²) < 4.78 is 84.2. The fraction of sp³-hybridized carbons (Fsp3) is 0.0769. The van der Waals surface area contributed by atoms with Crippen molar-refractivity contribution in [2.75, 3.05) is 0 Å². The third kappa shape index (κ3) is 3.23. The molecular weight excluding hydrogens is 355 g/mol. The van der Waals surface area contributed by atoms with Gasteiger partial charge in [-0.1, -0.05) is 47.1 Å². The second kappa shape index (κ2) is 5.62. The van der Waals surface area contributed by atoms with E-state index < -0.39 is 30.5 Å². The molecule has 0 spiro atoms. The third-order valence-corrected chi connectivity index (χ3v) is 6.25. The quantitative estimate of drug-likeness (QED) is 0.903. The highest BCUT2D eigenvalue weighted by Gasteiger charge is 2.48. The summed E-state index contributed by atoms with van der Waals surface area (Å²) in [5, 5.41) is 0.490. The molecule has 2 rings (SSSR count). The van der Waals surface area contributed by atoms with Gasteiger partial charge < -0.3 is 0 Å². The van der Waals surface area contributed by atoms with Crippen molar-refractivity contribution in [3.8, 4) is 0 Å². The van der Waals surface area contributed by atoms with Crippen LogP contribution in [0, 0.1) is 0 Å². The van der Waals surface area contributed by atoms with Crippen molar-refractivity contribution in [1.29, 1.82) is 0 Å². The molecule has 124 valence electrons. The van der Waals surface area contributed by atoms with Gasteiger partial charge in [-0.05, 0) is 17.0 Å². The number of hydrogen-bond acceptors (Lipinski definition) is 4. The number of sulfonamides is 2. The Hall–Kier alpha value is -1.91. The number of benzene rings is 2. The number of nitrogens with one attached hydrogen (secondary N) is 1. The van der Waals surface area contributed by atoms with E-state index in [0.717, 1.165) is 6.07 Å². The molecule has 1 N–H and O–H groups in total. The lowest BCUT2D eigenvalue weighted by molar-refractivity contribution is -0.0441. The Balaban J connectivity index is 2.67. The van der Waals surface area contributed by atoms with Gasteiger partial charge in [-0.25, -0.2) is 16.8 Å². The summed E-state index contributed by atoms with van der Waals surface area (Å²) in [6.45, 7) is 3.55. The summed E-state index contributed by atoms with van der Waals surface area (Å²) in [4.78, 5) is -0.577. The van der Waals surface area contributed by atoms with Crippen molar-refractivity contribution in [3.05, 3.63) is 48.5 Å². The molecular formula is C13H10F3NO4S2. The Morgan fingerprint density at radius 2 is 1.52 bits per heavy atom. The van der Waals surface area contributed by atoms with Gasteiger partial charge in [-0.2, -0.15) is 13.2 Å². The summed E-state index contributed by atoms with van der Waals surface area (Å²) >= 11 is 0. The van der Waals surface area contributed by atoms with Gasteiger partial charge >= 0.3 is 15.5 Å². The Morgan fingerprint density at radius 1 is 0.957 bits per heavy atom. The van der Waals surface area contributed by atoms with E-state index in [1.165, 1.54) is 24.3 Å². The molecule has 2 aromatic rings. The highest BCUT2D eigenvalue weighted by Crippen LogP contribution is 2.29. The van der Waals surface area contributed by atoms with E-state index in [2.05, 4.69) is 6.58 Å². The van der Waals surface area contributed by atoms with Crippen molar-refractivity contribution in [1.82, 2.24) is 4.13 Å². The number of halogens is 3. The normalized spacial score (nSPS) is 13.2. The van der Waals surface area contributed by atoms with Crippen molar-refractivity contribution < 1.29 is 30.0 Å². The number of rotatable bonds is 4. The van der Waals surface area contributed by atoms with Gasteiger partial charge in [0, 0.05) is 5.39 Å². The number of alkyl halides is 3. The molecule has 0 aromatic heterocycles. The molecule has 0 aliphatic heterocycles. The van der Waals surface area contributed by atoms with Gasteiger partial charge in [0.2, 0.25) is 0 Å². The van der Waals surface area contributed by atoms with E-state index in [1.807, 2.05) is 0 Å². The van der Waals surface area contributed by atoms with Crippen molar-refractivity contribution in [3.63, 3.8) is 0 Å². The first kappa shape index (κ1) is 17.4. The number of hydrogen-bond donors (Lipinski definition) is 1. The largest absolute Gasteiger partial charge is 0.512 e. The summed E-state index contributed by atoms with van der Waals surface area (Å²) in [5.41, 5.74) is -5.19. The highest BCUT2D eigenvalue weighted by molar-refractivity contribution is 8.05. The molecule has 10 heteroatoms. The Labute approximate surface area is 130 Å². The Kier molecular flexibility index (Phi) is 4.26. The highest BCUT2D eigenvalue weighted by atomic mass is 32.3. The van der Waals surface area contributed by atoms with E-state index in [1.54, 1.807) is 12.1 Å². The van der Waals surface area contributed by atoms with Crippen LogP contribution in [0.4, 0.5) is 13.2 Å². The minimum Gasteiger partial charge on any atom is -0.206 e. The predicted molar refractivity (Wildman–Crippen MR) is 79.3 cm³/mol. The average molecular weight is 365 g/mol. The fourth-order valence-corrected chi connectivity index (χ4v) is 4.55. The van der Waals surface area contributed by atoms with E-state index in [4.69, 9.17) is 0 Å². The molecule has 0 atom stereocenters. The second-order valence-corrected chi connectivity index (χ2v) is 8.02. The van der Waals surface area contributed by atoms with Crippen LogP contribution in [0.2, 0.25) is 0 Å². The Morgan fingerprint density at radius 3 is 2.04 bits per heavy atom. The summed E-state index contributed by atoms with van der Waals surface area (Å²) in [7, 11) is -11.0. The molecule has 0 radical (unpaired) electrons. The molecule has 0 bridgehead atoms. The van der Waals surface area contributed by atoms with E-state index in [0.29, 0.717) is 15.1 Å². The zero-order valence-electron chi connectivity index (χ0n) is 11.3. The summed E-state index contributed by atoms with van der Waals surface area (Å²) in [6, 6.07) is 8.33. The standard InChI is InChI=1S/C13H10F3NO4S2/c1-2-9-7-8-12(11-6-4-3-5-10(9)11)22(18,19)17-23(20,21)13(14,15)16/h2-8,17H,1H2. The molecule has 0 heterocycles. The van der Waals surface area contributed by atoms with Crippen LogP contribution >= 0.6 is 0 Å². The monoisotopic (exact) mass is 365 g/mol. The van der Waals surface area contributed by atoms with Gasteiger partial charge in [0.15, 0.2) is 0 Å². The van der Waals surface area contributed by atoms with E-state index in [-0.39, 0.29) is 5.39 Å². The summed E-state index contributed by atoms with van der Waals surface area (Å²) in [5.74, 6) is 0. The SMILES string of the molecule is C=Cc1ccc(S(=O)(=O)NS(=O)(=O)C(F)(F)F)c2ccccc12. The average Bonchev–Trinajstić information content (AvgIpc) is 2.43. The van der Waals surface area contributed by atoms with Crippen LogP contribution in [0.15, 0.2) is 47.9 Å². The molecule has 0 aliphatic rings. The molecule has 2 aromatic carbocycles. The topological polar surface area (TPSA) is 80.3 Å². The van der Waals surface area contributed by atoms with Crippen LogP contribution in [0.5, 0.6) is 0 Å². The van der Waals surface area contributed by atoms with Crippen LogP contribution in [-0.4, -0.2) is 22.3 Å². The molecule has 23 heavy (non-hydrogen) atoms. The molecule has 0 unspecified atom stereocenters. The fourth-order valence-electron chi connectivity index (χ4n) is 1.94. The first-order valence-corrected chi connectivity index (χ1v) is 8.95. The minimum absolute atomic E-state index is 0.0785. The summed E-state index contributed by atoms with van der Waals surface area (Å²) in [6.07, 6.45) is 1.44. The van der Waals surface area contributed by atoms with Crippen LogP contribution in [0.25, 0.3) is 16.8 Å². The molecule has 0 saturated carbocycles. The van der Waals surface area contributed by atoms with Crippen LogP contribution in [0.3, 0.4) is 0 Å². The molecule has 5 nitrogen and oxygen atoms in total. The van der Waals surface area contributed by atoms with Gasteiger partial charge in [-0.3, -0.25) is 0 Å². The zero-order chi connectivity index (χ0) is 17.5. The Bertz CT molecular complexity index is 980. The number of fused-ring (bicyclic) bond motifs is 1. The molecule has 0 fully saturated rings. The minimum atomic E-state index is -6.05. The maximum Gasteiger partial charge on any atom is 0.512 e. The lowest BCUT2D eigenvalue weighted by Crippen LogP contribution is -2.40.